The molecule has 0 radical (unpaired) electrons. The standard InChI is InChI=1S/C27H32N2O5/c1-2-19(14-25(30)28-15-18-11-17(12-18)13-26(31)32)29-27(33)34-16-24-22-9-5-3-7-20(22)21-8-4-6-10-23(21)24/h3-10,17-19,24H,2,11-16H2,1H3,(H,28,30)(H,29,33)(H,31,32)/t17?,18?,19-/m1/s1. The summed E-state index contributed by atoms with van der Waals surface area (Å²) in [5.41, 5.74) is 4.67. The number of fused-ring (bicyclic) bond motifs is 3. The van der Waals surface area contributed by atoms with Gasteiger partial charge in [-0.25, -0.2) is 4.79 Å². The van der Waals surface area contributed by atoms with Gasteiger partial charge in [0.15, 0.2) is 0 Å². The number of alkyl carbamates (subject to hydrolysis) is 1. The first kappa shape index (κ1) is 23.8. The monoisotopic (exact) mass is 464 g/mol. The lowest BCUT2D eigenvalue weighted by Crippen LogP contribution is -2.41. The van der Waals surface area contributed by atoms with Crippen molar-refractivity contribution in [1.82, 2.24) is 10.6 Å². The van der Waals surface area contributed by atoms with E-state index < -0.39 is 12.1 Å². The minimum Gasteiger partial charge on any atom is -0.481 e. The highest BCUT2D eigenvalue weighted by molar-refractivity contribution is 5.79. The summed E-state index contributed by atoms with van der Waals surface area (Å²) >= 11 is 0. The molecule has 0 saturated heterocycles. The van der Waals surface area contributed by atoms with Crippen molar-refractivity contribution in [2.45, 2.75) is 51.0 Å². The summed E-state index contributed by atoms with van der Waals surface area (Å²) in [7, 11) is 0. The maximum absolute atomic E-state index is 12.5. The molecule has 0 unspecified atom stereocenters. The van der Waals surface area contributed by atoms with Crippen LogP contribution in [0.4, 0.5) is 4.79 Å². The Labute approximate surface area is 199 Å². The second-order valence-corrected chi connectivity index (χ2v) is 9.38. The molecule has 1 saturated carbocycles. The smallest absolute Gasteiger partial charge is 0.407 e. The lowest BCUT2D eigenvalue weighted by atomic mass is 9.73. The Balaban J connectivity index is 1.22. The zero-order chi connectivity index (χ0) is 24.1. The number of hydrogen-bond donors (Lipinski definition) is 3. The van der Waals surface area contributed by atoms with E-state index in [0.717, 1.165) is 24.0 Å². The van der Waals surface area contributed by atoms with E-state index in [1.54, 1.807) is 0 Å². The number of carboxylic acids is 1. The fourth-order valence-electron chi connectivity index (χ4n) is 5.11. The van der Waals surface area contributed by atoms with E-state index in [1.165, 1.54) is 11.1 Å². The fraction of sp³-hybridized carbons (Fsp3) is 0.444. The summed E-state index contributed by atoms with van der Waals surface area (Å²) in [5.74, 6) is -0.333. The number of ether oxygens (including phenoxy) is 1. The highest BCUT2D eigenvalue weighted by atomic mass is 16.5. The third-order valence-electron chi connectivity index (χ3n) is 6.97. The van der Waals surface area contributed by atoms with Crippen LogP contribution < -0.4 is 10.6 Å². The van der Waals surface area contributed by atoms with Crippen LogP contribution in [0.1, 0.15) is 56.1 Å². The molecule has 2 aliphatic rings. The Morgan fingerprint density at radius 2 is 1.62 bits per heavy atom. The summed E-state index contributed by atoms with van der Waals surface area (Å²) in [5, 5.41) is 14.6. The largest absolute Gasteiger partial charge is 0.481 e. The van der Waals surface area contributed by atoms with Crippen LogP contribution in [-0.4, -0.2) is 42.3 Å². The van der Waals surface area contributed by atoms with Gasteiger partial charge in [-0.3, -0.25) is 9.59 Å². The Morgan fingerprint density at radius 3 is 2.21 bits per heavy atom. The molecule has 2 amide bonds. The third-order valence-corrected chi connectivity index (χ3v) is 6.97. The molecule has 3 N–H and O–H groups in total. The molecular weight excluding hydrogens is 432 g/mol. The first-order chi connectivity index (χ1) is 16.4. The Kier molecular flexibility index (Phi) is 7.50. The van der Waals surface area contributed by atoms with Crippen molar-refractivity contribution in [3.63, 3.8) is 0 Å². The number of benzene rings is 2. The van der Waals surface area contributed by atoms with Gasteiger partial charge in [0.05, 0.1) is 0 Å². The molecule has 0 heterocycles. The molecule has 34 heavy (non-hydrogen) atoms. The van der Waals surface area contributed by atoms with Crippen molar-refractivity contribution >= 4 is 18.0 Å². The van der Waals surface area contributed by atoms with Crippen molar-refractivity contribution in [2.24, 2.45) is 11.8 Å². The van der Waals surface area contributed by atoms with Gasteiger partial charge in [0, 0.05) is 31.3 Å². The van der Waals surface area contributed by atoms with Gasteiger partial charge in [-0.2, -0.15) is 0 Å². The van der Waals surface area contributed by atoms with Crippen LogP contribution in [0.25, 0.3) is 11.1 Å². The van der Waals surface area contributed by atoms with Crippen LogP contribution in [0.15, 0.2) is 48.5 Å². The van der Waals surface area contributed by atoms with Crippen molar-refractivity contribution in [2.75, 3.05) is 13.2 Å². The van der Waals surface area contributed by atoms with Crippen molar-refractivity contribution in [3.8, 4) is 11.1 Å². The van der Waals surface area contributed by atoms with Crippen LogP contribution >= 0.6 is 0 Å². The second kappa shape index (κ2) is 10.7. The molecular formula is C27H32N2O5. The van der Waals surface area contributed by atoms with Crippen LogP contribution in [0.3, 0.4) is 0 Å². The molecule has 1 atom stereocenters. The predicted octanol–water partition coefficient (Wildman–Crippen LogP) is 4.31. The minimum atomic E-state index is -0.766. The van der Waals surface area contributed by atoms with Gasteiger partial charge in [-0.15, -0.1) is 0 Å². The maximum atomic E-state index is 12.5. The summed E-state index contributed by atoms with van der Waals surface area (Å²) in [6.07, 6.45) is 2.15. The number of aliphatic carboxylic acids is 1. The van der Waals surface area contributed by atoms with Gasteiger partial charge in [-0.1, -0.05) is 55.5 Å². The number of nitrogens with one attached hydrogen (secondary N) is 2. The Morgan fingerprint density at radius 1 is 1.00 bits per heavy atom. The minimum absolute atomic E-state index is 0.00560. The summed E-state index contributed by atoms with van der Waals surface area (Å²) in [6.45, 7) is 2.71. The molecule has 2 aromatic carbocycles. The van der Waals surface area contributed by atoms with E-state index in [-0.39, 0.29) is 43.2 Å². The van der Waals surface area contributed by atoms with Crippen LogP contribution in [0.2, 0.25) is 0 Å². The molecule has 2 aliphatic carbocycles. The van der Waals surface area contributed by atoms with Gasteiger partial charge < -0.3 is 20.5 Å². The number of carboxylic acid groups (broad SMARTS) is 1. The van der Waals surface area contributed by atoms with Crippen molar-refractivity contribution in [3.05, 3.63) is 59.7 Å². The first-order valence-corrected chi connectivity index (χ1v) is 12.0. The summed E-state index contributed by atoms with van der Waals surface area (Å²) in [4.78, 5) is 35.6. The van der Waals surface area contributed by atoms with Gasteiger partial charge in [-0.05, 0) is 53.4 Å². The Bertz CT molecular complexity index is 1000. The van der Waals surface area contributed by atoms with Gasteiger partial charge in [0.2, 0.25) is 5.91 Å². The predicted molar refractivity (Wildman–Crippen MR) is 128 cm³/mol. The van der Waals surface area contributed by atoms with Crippen LogP contribution in [-0.2, 0) is 14.3 Å². The number of carbonyl (C=O) groups is 3. The fourth-order valence-corrected chi connectivity index (χ4v) is 5.11. The number of hydrogen-bond acceptors (Lipinski definition) is 4. The van der Waals surface area contributed by atoms with E-state index in [0.29, 0.717) is 18.9 Å². The molecule has 1 fully saturated rings. The van der Waals surface area contributed by atoms with Crippen molar-refractivity contribution < 1.29 is 24.2 Å². The summed E-state index contributed by atoms with van der Waals surface area (Å²) < 4.78 is 5.59. The van der Waals surface area contributed by atoms with E-state index in [2.05, 4.69) is 34.9 Å². The molecule has 0 spiro atoms. The molecule has 7 heteroatoms. The SMILES string of the molecule is CC[C@H](CC(=O)NCC1CC(CC(=O)O)C1)NC(=O)OCC1c2ccccc2-c2ccccc21. The van der Waals surface area contributed by atoms with Crippen LogP contribution in [0.5, 0.6) is 0 Å². The number of carbonyl (C=O) groups excluding carboxylic acids is 2. The molecule has 0 bridgehead atoms. The van der Waals surface area contributed by atoms with E-state index >= 15 is 0 Å². The lowest BCUT2D eigenvalue weighted by molar-refractivity contribution is -0.139. The first-order valence-electron chi connectivity index (χ1n) is 12.0. The number of rotatable bonds is 10. The van der Waals surface area contributed by atoms with E-state index in [9.17, 15) is 14.4 Å². The molecule has 2 aromatic rings. The number of amides is 2. The van der Waals surface area contributed by atoms with E-state index in [4.69, 9.17) is 9.84 Å². The normalized spacial score (nSPS) is 19.3. The molecule has 0 aromatic heterocycles. The highest BCUT2D eigenvalue weighted by Crippen LogP contribution is 2.44. The third kappa shape index (κ3) is 5.58. The second-order valence-electron chi connectivity index (χ2n) is 9.38. The van der Waals surface area contributed by atoms with Gasteiger partial charge in [0.25, 0.3) is 0 Å². The molecule has 180 valence electrons. The molecule has 0 aliphatic heterocycles. The highest BCUT2D eigenvalue weighted by Gasteiger charge is 2.31. The van der Waals surface area contributed by atoms with Crippen LogP contribution in [0, 0.1) is 11.8 Å². The molecule has 7 nitrogen and oxygen atoms in total. The average Bonchev–Trinajstić information content (AvgIpc) is 3.12. The van der Waals surface area contributed by atoms with Gasteiger partial charge >= 0.3 is 12.1 Å². The van der Waals surface area contributed by atoms with Gasteiger partial charge in [0.1, 0.15) is 6.61 Å². The zero-order valence-corrected chi connectivity index (χ0v) is 19.5. The quantitative estimate of drug-likeness (QED) is 0.486. The average molecular weight is 465 g/mol. The van der Waals surface area contributed by atoms with Crippen molar-refractivity contribution in [1.29, 1.82) is 0 Å². The Hall–Kier alpha value is -3.35. The topological polar surface area (TPSA) is 105 Å². The maximum Gasteiger partial charge on any atom is 0.407 e. The zero-order valence-electron chi connectivity index (χ0n) is 19.5. The lowest BCUT2D eigenvalue weighted by Gasteiger charge is -2.34. The molecule has 4 rings (SSSR count). The summed E-state index contributed by atoms with van der Waals surface area (Å²) in [6, 6.07) is 16.1. The van der Waals surface area contributed by atoms with E-state index in [1.807, 2.05) is 31.2 Å².